The number of aromatic nitrogens is 4. The molecule has 4 N–H and O–H groups in total. The summed E-state index contributed by atoms with van der Waals surface area (Å²) in [6, 6.07) is 6.96. The van der Waals surface area contributed by atoms with Crippen LogP contribution in [0.25, 0.3) is 11.0 Å². The van der Waals surface area contributed by atoms with Gasteiger partial charge in [-0.15, -0.1) is 0 Å². The maximum absolute atomic E-state index is 12.2. The van der Waals surface area contributed by atoms with Gasteiger partial charge in [0.15, 0.2) is 5.65 Å². The third-order valence-corrected chi connectivity index (χ3v) is 3.74. The van der Waals surface area contributed by atoms with Crippen LogP contribution in [0.5, 0.6) is 0 Å². The van der Waals surface area contributed by atoms with Gasteiger partial charge in [0.05, 0.1) is 11.7 Å². The van der Waals surface area contributed by atoms with Crippen LogP contribution >= 0.6 is 0 Å². The Morgan fingerprint density at radius 1 is 1.36 bits per heavy atom. The standard InChI is InChI=1S/C17H20N6O2/c1-17(2,3)23-14-12(9-20-23)15(25)22-16(21-14)19-8-10-5-4-6-11(7-10)13(18)24/h4-7,9H,8H2,1-3H3,(H2,18,24)(H2,19,21,22,25). The van der Waals surface area contributed by atoms with Gasteiger partial charge >= 0.3 is 0 Å². The highest BCUT2D eigenvalue weighted by molar-refractivity contribution is 5.92. The molecule has 1 aromatic carbocycles. The molecule has 0 atom stereocenters. The number of fused-ring (bicyclic) bond motifs is 1. The van der Waals surface area contributed by atoms with Crippen molar-refractivity contribution in [1.29, 1.82) is 0 Å². The highest BCUT2D eigenvalue weighted by Gasteiger charge is 2.19. The summed E-state index contributed by atoms with van der Waals surface area (Å²) in [7, 11) is 0. The lowest BCUT2D eigenvalue weighted by atomic mass is 10.1. The van der Waals surface area contributed by atoms with Gasteiger partial charge in [-0.25, -0.2) is 4.68 Å². The number of carbonyl (C=O) groups excluding carboxylic acids is 1. The molecule has 2 heterocycles. The van der Waals surface area contributed by atoms with Gasteiger partial charge in [-0.1, -0.05) is 12.1 Å². The number of hydrogen-bond donors (Lipinski definition) is 3. The summed E-state index contributed by atoms with van der Waals surface area (Å²) in [6.45, 7) is 6.36. The number of amides is 1. The van der Waals surface area contributed by atoms with Crippen molar-refractivity contribution in [1.82, 2.24) is 19.7 Å². The molecule has 0 aliphatic rings. The van der Waals surface area contributed by atoms with Crippen LogP contribution in [0, 0.1) is 0 Å². The maximum atomic E-state index is 12.2. The normalized spacial score (nSPS) is 11.6. The molecule has 0 spiro atoms. The average Bonchev–Trinajstić information content (AvgIpc) is 2.98. The van der Waals surface area contributed by atoms with Gasteiger partial charge in [0.25, 0.3) is 5.56 Å². The summed E-state index contributed by atoms with van der Waals surface area (Å²) in [5, 5.41) is 7.78. The van der Waals surface area contributed by atoms with Crippen LogP contribution in [-0.2, 0) is 12.1 Å². The molecule has 25 heavy (non-hydrogen) atoms. The summed E-state index contributed by atoms with van der Waals surface area (Å²) in [5.41, 5.74) is 6.54. The summed E-state index contributed by atoms with van der Waals surface area (Å²) in [5.74, 6) is -0.142. The molecule has 130 valence electrons. The van der Waals surface area contributed by atoms with Crippen LogP contribution in [0.1, 0.15) is 36.7 Å². The number of anilines is 1. The van der Waals surface area contributed by atoms with E-state index < -0.39 is 5.91 Å². The Bertz CT molecular complexity index is 996. The molecule has 3 rings (SSSR count). The second-order valence-corrected chi connectivity index (χ2v) is 6.80. The van der Waals surface area contributed by atoms with Crippen molar-refractivity contribution in [2.45, 2.75) is 32.9 Å². The molecule has 0 fully saturated rings. The molecular formula is C17H20N6O2. The zero-order valence-corrected chi connectivity index (χ0v) is 14.3. The Balaban J connectivity index is 1.91. The predicted molar refractivity (Wildman–Crippen MR) is 95.4 cm³/mol. The Morgan fingerprint density at radius 2 is 2.12 bits per heavy atom. The van der Waals surface area contributed by atoms with E-state index in [0.29, 0.717) is 29.1 Å². The van der Waals surface area contributed by atoms with Gasteiger partial charge in [0.1, 0.15) is 5.39 Å². The molecular weight excluding hydrogens is 320 g/mol. The Hall–Kier alpha value is -3.16. The topological polar surface area (TPSA) is 119 Å². The zero-order chi connectivity index (χ0) is 18.2. The Morgan fingerprint density at radius 3 is 2.80 bits per heavy atom. The molecule has 8 heteroatoms. The fourth-order valence-electron chi connectivity index (χ4n) is 2.51. The molecule has 0 aliphatic heterocycles. The van der Waals surface area contributed by atoms with E-state index in [2.05, 4.69) is 20.4 Å². The fraction of sp³-hybridized carbons (Fsp3) is 0.294. The van der Waals surface area contributed by atoms with Gasteiger partial charge in [-0.3, -0.25) is 14.6 Å². The largest absolute Gasteiger partial charge is 0.366 e. The number of H-pyrrole nitrogens is 1. The van der Waals surface area contributed by atoms with Crippen LogP contribution in [0.3, 0.4) is 0 Å². The maximum Gasteiger partial charge on any atom is 0.263 e. The van der Waals surface area contributed by atoms with Crippen LogP contribution in [0.15, 0.2) is 35.3 Å². The van der Waals surface area contributed by atoms with E-state index in [9.17, 15) is 9.59 Å². The molecule has 0 aliphatic carbocycles. The number of nitrogens with two attached hydrogens (primary N) is 1. The number of nitrogens with one attached hydrogen (secondary N) is 2. The Labute approximate surface area is 144 Å². The number of hydrogen-bond acceptors (Lipinski definition) is 5. The second-order valence-electron chi connectivity index (χ2n) is 6.80. The molecule has 0 saturated heterocycles. The fourth-order valence-corrected chi connectivity index (χ4v) is 2.51. The van der Waals surface area contributed by atoms with Gasteiger partial charge in [0.2, 0.25) is 11.9 Å². The van der Waals surface area contributed by atoms with E-state index in [-0.39, 0.29) is 11.1 Å². The van der Waals surface area contributed by atoms with Crippen molar-refractivity contribution in [3.8, 4) is 0 Å². The number of benzene rings is 1. The summed E-state index contributed by atoms with van der Waals surface area (Å²) in [6.07, 6.45) is 1.52. The van der Waals surface area contributed by atoms with Crippen LogP contribution in [-0.4, -0.2) is 25.7 Å². The number of aromatic amines is 1. The van der Waals surface area contributed by atoms with Crippen LogP contribution in [0.4, 0.5) is 5.95 Å². The molecule has 0 unspecified atom stereocenters. The number of carbonyl (C=O) groups is 1. The first-order valence-corrected chi connectivity index (χ1v) is 7.87. The number of rotatable bonds is 4. The second kappa shape index (κ2) is 6.04. The quantitative estimate of drug-likeness (QED) is 0.666. The first-order chi connectivity index (χ1) is 11.8. The number of primary amides is 1. The first kappa shape index (κ1) is 16.7. The van der Waals surface area contributed by atoms with Crippen LogP contribution < -0.4 is 16.6 Å². The third kappa shape index (κ3) is 3.37. The summed E-state index contributed by atoms with van der Waals surface area (Å²) in [4.78, 5) is 30.7. The minimum atomic E-state index is -0.483. The van der Waals surface area contributed by atoms with E-state index in [4.69, 9.17) is 5.73 Å². The van der Waals surface area contributed by atoms with Crippen molar-refractivity contribution in [3.05, 3.63) is 51.9 Å². The highest BCUT2D eigenvalue weighted by atomic mass is 16.1. The molecule has 0 saturated carbocycles. The molecule has 1 amide bonds. The molecule has 3 aromatic rings. The van der Waals surface area contributed by atoms with Gasteiger partial charge in [-0.2, -0.15) is 10.1 Å². The Kier molecular flexibility index (Phi) is 4.03. The molecule has 0 radical (unpaired) electrons. The van der Waals surface area contributed by atoms with E-state index in [1.165, 1.54) is 6.20 Å². The SMILES string of the molecule is CC(C)(C)n1ncc2c(=O)[nH]c(NCc3cccc(C(N)=O)c3)nc21. The summed E-state index contributed by atoms with van der Waals surface area (Å²) < 4.78 is 1.72. The lowest BCUT2D eigenvalue weighted by molar-refractivity contribution is 0.1000. The van der Waals surface area contributed by atoms with E-state index in [1.54, 1.807) is 22.9 Å². The molecule has 2 aromatic heterocycles. The average molecular weight is 340 g/mol. The van der Waals surface area contributed by atoms with Crippen LogP contribution in [0.2, 0.25) is 0 Å². The molecule has 8 nitrogen and oxygen atoms in total. The van der Waals surface area contributed by atoms with E-state index in [0.717, 1.165) is 5.56 Å². The lowest BCUT2D eigenvalue weighted by Crippen LogP contribution is -2.24. The van der Waals surface area contributed by atoms with Gasteiger partial charge in [-0.05, 0) is 38.5 Å². The van der Waals surface area contributed by atoms with Gasteiger partial charge in [0, 0.05) is 12.1 Å². The first-order valence-electron chi connectivity index (χ1n) is 7.87. The highest BCUT2D eigenvalue weighted by Crippen LogP contribution is 2.18. The smallest absolute Gasteiger partial charge is 0.263 e. The predicted octanol–water partition coefficient (Wildman–Crippen LogP) is 1.59. The van der Waals surface area contributed by atoms with E-state index >= 15 is 0 Å². The minimum Gasteiger partial charge on any atom is -0.366 e. The zero-order valence-electron chi connectivity index (χ0n) is 14.3. The lowest BCUT2D eigenvalue weighted by Gasteiger charge is -2.19. The monoisotopic (exact) mass is 340 g/mol. The van der Waals surface area contributed by atoms with Crippen molar-refractivity contribution < 1.29 is 4.79 Å². The van der Waals surface area contributed by atoms with Crippen molar-refractivity contribution in [2.24, 2.45) is 5.73 Å². The van der Waals surface area contributed by atoms with Crippen molar-refractivity contribution >= 4 is 22.9 Å². The van der Waals surface area contributed by atoms with E-state index in [1.807, 2.05) is 26.8 Å². The van der Waals surface area contributed by atoms with Crippen molar-refractivity contribution in [3.63, 3.8) is 0 Å². The summed E-state index contributed by atoms with van der Waals surface area (Å²) >= 11 is 0. The van der Waals surface area contributed by atoms with Crippen molar-refractivity contribution in [2.75, 3.05) is 5.32 Å². The molecule has 0 bridgehead atoms. The van der Waals surface area contributed by atoms with Gasteiger partial charge < -0.3 is 11.1 Å². The minimum absolute atomic E-state index is 0.256. The third-order valence-electron chi connectivity index (χ3n) is 3.74. The number of nitrogens with zero attached hydrogens (tertiary/aromatic N) is 3.